The van der Waals surface area contributed by atoms with Crippen LogP contribution in [0.3, 0.4) is 0 Å². The summed E-state index contributed by atoms with van der Waals surface area (Å²) in [6.45, 7) is 8.29. The van der Waals surface area contributed by atoms with Gasteiger partial charge in [-0.25, -0.2) is 9.59 Å². The first kappa shape index (κ1) is 26.8. The number of amides is 3. The maximum Gasteiger partial charge on any atom is 0.354 e. The van der Waals surface area contributed by atoms with E-state index >= 15 is 0 Å². The van der Waals surface area contributed by atoms with Crippen molar-refractivity contribution < 1.29 is 9.59 Å². The van der Waals surface area contributed by atoms with E-state index in [1.54, 1.807) is 22.1 Å². The van der Waals surface area contributed by atoms with Crippen LogP contribution in [0.2, 0.25) is 0 Å². The molecule has 4 rings (SSSR count). The molecular weight excluding hydrogens is 472 g/mol. The summed E-state index contributed by atoms with van der Waals surface area (Å²) in [6.07, 6.45) is 3.64. The van der Waals surface area contributed by atoms with E-state index in [2.05, 4.69) is 15.2 Å². The SMILES string of the molecule is CC(C)C(N)C(=O)N1CCN(C(=O)Nc2ccn(-c3ccc(CN4CCC(N)CC4)cc3)c(=O)n2)CC1. The number of hydrogen-bond donors (Lipinski definition) is 3. The van der Waals surface area contributed by atoms with E-state index in [0.29, 0.717) is 37.9 Å². The maximum absolute atomic E-state index is 12.7. The lowest BCUT2D eigenvalue weighted by Gasteiger charge is -2.36. The number of piperidine rings is 1. The summed E-state index contributed by atoms with van der Waals surface area (Å²) in [5, 5.41) is 2.69. The van der Waals surface area contributed by atoms with E-state index in [9.17, 15) is 14.4 Å². The molecular formula is C26H38N8O3. The Labute approximate surface area is 217 Å². The van der Waals surface area contributed by atoms with E-state index in [0.717, 1.165) is 32.5 Å². The van der Waals surface area contributed by atoms with E-state index in [4.69, 9.17) is 11.5 Å². The van der Waals surface area contributed by atoms with Crippen molar-refractivity contribution in [3.8, 4) is 5.69 Å². The third kappa shape index (κ3) is 6.73. The minimum absolute atomic E-state index is 0.0550. The average Bonchev–Trinajstić information content (AvgIpc) is 2.90. The molecule has 1 atom stereocenters. The standard InChI is InChI=1S/C26H38N8O3/c1-18(2)23(28)24(35)32-13-15-33(16-14-32)25(36)29-22-9-12-34(26(37)30-22)21-5-3-19(4-6-21)17-31-10-7-20(27)8-11-31/h3-6,9,12,18,20,23H,7-8,10-11,13-17,27-28H2,1-2H3,(H,29,30,36,37). The number of urea groups is 1. The quantitative estimate of drug-likeness (QED) is 0.522. The Bertz CT molecular complexity index is 1130. The Morgan fingerprint density at radius 2 is 1.62 bits per heavy atom. The van der Waals surface area contributed by atoms with Gasteiger partial charge in [-0.2, -0.15) is 4.98 Å². The molecule has 0 spiro atoms. The summed E-state index contributed by atoms with van der Waals surface area (Å²) < 4.78 is 1.45. The predicted molar refractivity (Wildman–Crippen MR) is 142 cm³/mol. The molecule has 3 heterocycles. The molecule has 200 valence electrons. The zero-order valence-corrected chi connectivity index (χ0v) is 21.7. The Morgan fingerprint density at radius 3 is 2.22 bits per heavy atom. The number of aromatic nitrogens is 2. The average molecular weight is 511 g/mol. The fraction of sp³-hybridized carbons (Fsp3) is 0.538. The van der Waals surface area contributed by atoms with Gasteiger partial charge in [0.1, 0.15) is 5.82 Å². The number of piperazine rings is 1. The number of benzene rings is 1. The summed E-state index contributed by atoms with van der Waals surface area (Å²) in [5.74, 6) is 0.149. The van der Waals surface area contributed by atoms with Gasteiger partial charge in [0.15, 0.2) is 0 Å². The smallest absolute Gasteiger partial charge is 0.338 e. The van der Waals surface area contributed by atoms with Gasteiger partial charge in [-0.3, -0.25) is 19.6 Å². The molecule has 1 aromatic heterocycles. The monoisotopic (exact) mass is 510 g/mol. The van der Waals surface area contributed by atoms with Gasteiger partial charge in [-0.1, -0.05) is 26.0 Å². The van der Waals surface area contributed by atoms with Crippen LogP contribution in [0.15, 0.2) is 41.3 Å². The van der Waals surface area contributed by atoms with Gasteiger partial charge >= 0.3 is 11.7 Å². The Hall–Kier alpha value is -3.28. The van der Waals surface area contributed by atoms with Gasteiger partial charge in [-0.05, 0) is 55.6 Å². The van der Waals surface area contributed by atoms with Crippen molar-refractivity contribution in [3.63, 3.8) is 0 Å². The van der Waals surface area contributed by atoms with E-state index in [-0.39, 0.29) is 23.7 Å². The number of carbonyl (C=O) groups is 2. The van der Waals surface area contributed by atoms with Gasteiger partial charge in [0.25, 0.3) is 0 Å². The van der Waals surface area contributed by atoms with Crippen LogP contribution in [-0.4, -0.2) is 87.5 Å². The third-order valence-electron chi connectivity index (χ3n) is 7.17. The maximum atomic E-state index is 12.7. The minimum atomic E-state index is -0.540. The summed E-state index contributed by atoms with van der Waals surface area (Å²) in [6, 6.07) is 8.85. The fourth-order valence-electron chi connectivity index (χ4n) is 4.61. The predicted octanol–water partition coefficient (Wildman–Crippen LogP) is 0.815. The number of nitrogens with two attached hydrogens (primary N) is 2. The molecule has 11 heteroatoms. The van der Waals surface area contributed by atoms with Gasteiger partial charge in [0.05, 0.1) is 11.7 Å². The third-order valence-corrected chi connectivity index (χ3v) is 7.17. The first-order chi connectivity index (χ1) is 17.7. The van der Waals surface area contributed by atoms with E-state index in [1.165, 1.54) is 10.1 Å². The normalized spacial score (nSPS) is 18.2. The van der Waals surface area contributed by atoms with Crippen LogP contribution in [0.4, 0.5) is 10.6 Å². The lowest BCUT2D eigenvalue weighted by Crippen LogP contribution is -2.56. The number of nitrogens with one attached hydrogen (secondary N) is 1. The first-order valence-electron chi connectivity index (χ1n) is 13.0. The van der Waals surface area contributed by atoms with Crippen LogP contribution in [-0.2, 0) is 11.3 Å². The zero-order chi connectivity index (χ0) is 26.5. The van der Waals surface area contributed by atoms with Gasteiger partial charge in [0, 0.05) is 45.0 Å². The minimum Gasteiger partial charge on any atom is -0.338 e. The van der Waals surface area contributed by atoms with Crippen molar-refractivity contribution in [1.82, 2.24) is 24.3 Å². The van der Waals surface area contributed by atoms with Crippen LogP contribution in [0, 0.1) is 5.92 Å². The van der Waals surface area contributed by atoms with Crippen molar-refractivity contribution in [2.75, 3.05) is 44.6 Å². The molecule has 0 radical (unpaired) electrons. The van der Waals surface area contributed by atoms with Crippen LogP contribution in [0.1, 0.15) is 32.3 Å². The van der Waals surface area contributed by atoms with Gasteiger partial charge in [-0.15, -0.1) is 0 Å². The van der Waals surface area contributed by atoms with Crippen molar-refractivity contribution in [2.45, 2.75) is 45.3 Å². The molecule has 0 aliphatic carbocycles. The second kappa shape index (κ2) is 11.8. The molecule has 37 heavy (non-hydrogen) atoms. The summed E-state index contributed by atoms with van der Waals surface area (Å²) >= 11 is 0. The van der Waals surface area contributed by atoms with Crippen molar-refractivity contribution in [1.29, 1.82) is 0 Å². The van der Waals surface area contributed by atoms with Crippen LogP contribution >= 0.6 is 0 Å². The molecule has 0 bridgehead atoms. The van der Waals surface area contributed by atoms with Crippen molar-refractivity contribution in [3.05, 3.63) is 52.6 Å². The number of rotatable bonds is 6. The topological polar surface area (TPSA) is 143 Å². The molecule has 2 saturated heterocycles. The molecule has 2 aliphatic rings. The first-order valence-corrected chi connectivity index (χ1v) is 13.0. The number of anilines is 1. The lowest BCUT2D eigenvalue weighted by molar-refractivity contribution is -0.134. The molecule has 3 amide bonds. The Morgan fingerprint density at radius 1 is 1.00 bits per heavy atom. The second-order valence-electron chi connectivity index (χ2n) is 10.3. The van der Waals surface area contributed by atoms with Crippen LogP contribution < -0.4 is 22.5 Å². The fourth-order valence-corrected chi connectivity index (χ4v) is 4.61. The summed E-state index contributed by atoms with van der Waals surface area (Å²) in [5.41, 5.74) is 13.4. The Kier molecular flexibility index (Phi) is 8.57. The summed E-state index contributed by atoms with van der Waals surface area (Å²) in [4.78, 5) is 47.5. The number of nitrogens with zero attached hydrogens (tertiary/aromatic N) is 5. The molecule has 0 saturated carbocycles. The highest BCUT2D eigenvalue weighted by Crippen LogP contribution is 2.15. The highest BCUT2D eigenvalue weighted by Gasteiger charge is 2.28. The Balaban J connectivity index is 1.31. The van der Waals surface area contributed by atoms with Gasteiger partial charge in [0.2, 0.25) is 5.91 Å². The molecule has 5 N–H and O–H groups in total. The highest BCUT2D eigenvalue weighted by molar-refractivity contribution is 5.88. The van der Waals surface area contributed by atoms with Crippen LogP contribution in [0.25, 0.3) is 5.69 Å². The largest absolute Gasteiger partial charge is 0.354 e. The number of likely N-dealkylation sites (tertiary alicyclic amines) is 1. The zero-order valence-electron chi connectivity index (χ0n) is 21.7. The lowest BCUT2D eigenvalue weighted by atomic mass is 10.0. The molecule has 2 aromatic rings. The van der Waals surface area contributed by atoms with Crippen LogP contribution in [0.5, 0.6) is 0 Å². The molecule has 2 fully saturated rings. The number of carbonyl (C=O) groups excluding carboxylic acids is 2. The molecule has 1 aromatic carbocycles. The summed E-state index contributed by atoms with van der Waals surface area (Å²) in [7, 11) is 0. The van der Waals surface area contributed by atoms with Crippen molar-refractivity contribution in [2.24, 2.45) is 17.4 Å². The molecule has 11 nitrogen and oxygen atoms in total. The van der Waals surface area contributed by atoms with Crippen molar-refractivity contribution >= 4 is 17.8 Å². The second-order valence-corrected chi connectivity index (χ2v) is 10.3. The molecule has 2 aliphatic heterocycles. The van der Waals surface area contributed by atoms with E-state index in [1.807, 2.05) is 38.1 Å². The van der Waals surface area contributed by atoms with E-state index < -0.39 is 11.7 Å². The number of hydrogen-bond acceptors (Lipinski definition) is 7. The van der Waals surface area contributed by atoms with Gasteiger partial charge < -0.3 is 21.3 Å². The molecule has 1 unspecified atom stereocenters. The highest BCUT2D eigenvalue weighted by atomic mass is 16.2.